The lowest BCUT2D eigenvalue weighted by Crippen LogP contribution is -2.10. The van der Waals surface area contributed by atoms with Crippen LogP contribution in [0, 0.1) is 0 Å². The molecule has 0 saturated heterocycles. The van der Waals surface area contributed by atoms with E-state index in [1.54, 1.807) is 0 Å². The molecule has 2 heteroatoms. The fraction of sp³-hybridized carbons (Fsp3) is 0. The van der Waals surface area contributed by atoms with E-state index in [-0.39, 0.29) is 0 Å². The number of hydrogen-bond donors (Lipinski definition) is 0. The van der Waals surface area contributed by atoms with Gasteiger partial charge in [-0.15, -0.1) is 0 Å². The highest BCUT2D eigenvalue weighted by Gasteiger charge is 2.17. The average molecular weight is 714 g/mol. The zero-order valence-corrected chi connectivity index (χ0v) is 30.6. The number of fused-ring (bicyclic) bond motifs is 9. The summed E-state index contributed by atoms with van der Waals surface area (Å²) in [5.74, 6) is 0. The third-order valence-corrected chi connectivity index (χ3v) is 11.3. The molecule has 0 fully saturated rings. The summed E-state index contributed by atoms with van der Waals surface area (Å²) in [6.07, 6.45) is 0. The lowest BCUT2D eigenvalue weighted by molar-refractivity contribution is 0.669. The molecule has 0 aliphatic heterocycles. The van der Waals surface area contributed by atoms with Crippen LogP contribution in [0.15, 0.2) is 217 Å². The van der Waals surface area contributed by atoms with Gasteiger partial charge in [-0.3, -0.25) is 0 Å². The Bertz CT molecular complexity index is 3180. The first kappa shape index (κ1) is 32.0. The van der Waals surface area contributed by atoms with Crippen LogP contribution in [-0.2, 0) is 0 Å². The second kappa shape index (κ2) is 13.2. The van der Waals surface area contributed by atoms with E-state index in [9.17, 15) is 0 Å². The Balaban J connectivity index is 1.02. The van der Waals surface area contributed by atoms with Gasteiger partial charge in [0.25, 0.3) is 0 Å². The minimum atomic E-state index is 0.907. The summed E-state index contributed by atoms with van der Waals surface area (Å²) in [4.78, 5) is 2.38. The van der Waals surface area contributed by atoms with Gasteiger partial charge in [0.2, 0.25) is 0 Å². The van der Waals surface area contributed by atoms with Gasteiger partial charge in [-0.1, -0.05) is 158 Å². The van der Waals surface area contributed by atoms with Crippen molar-refractivity contribution in [3.63, 3.8) is 0 Å². The topological polar surface area (TPSA) is 16.4 Å². The molecule has 2 nitrogen and oxygen atoms in total. The summed E-state index contributed by atoms with van der Waals surface area (Å²) in [5, 5.41) is 9.86. The van der Waals surface area contributed by atoms with Crippen LogP contribution >= 0.6 is 0 Å². The molecular formula is C54H35NO. The molecule has 0 bridgehead atoms. The highest BCUT2D eigenvalue weighted by Crippen LogP contribution is 2.42. The van der Waals surface area contributed by atoms with Crippen LogP contribution in [0.5, 0.6) is 0 Å². The minimum absolute atomic E-state index is 0.907. The van der Waals surface area contributed by atoms with Crippen LogP contribution in [0.1, 0.15) is 0 Å². The molecule has 0 radical (unpaired) electrons. The first-order valence-electron chi connectivity index (χ1n) is 19.2. The van der Waals surface area contributed by atoms with E-state index in [4.69, 9.17) is 4.42 Å². The van der Waals surface area contributed by atoms with Crippen molar-refractivity contribution < 1.29 is 4.42 Å². The molecule has 56 heavy (non-hydrogen) atoms. The van der Waals surface area contributed by atoms with E-state index < -0.39 is 0 Å². The van der Waals surface area contributed by atoms with E-state index in [0.717, 1.165) is 50.1 Å². The molecular weight excluding hydrogens is 679 g/mol. The number of hydrogen-bond acceptors (Lipinski definition) is 2. The van der Waals surface area contributed by atoms with Gasteiger partial charge in [0.15, 0.2) is 0 Å². The van der Waals surface area contributed by atoms with E-state index in [1.165, 1.54) is 54.6 Å². The van der Waals surface area contributed by atoms with Crippen LogP contribution in [0.25, 0.3) is 87.6 Å². The van der Waals surface area contributed by atoms with Crippen LogP contribution in [0.4, 0.5) is 17.1 Å². The van der Waals surface area contributed by atoms with E-state index >= 15 is 0 Å². The van der Waals surface area contributed by atoms with Gasteiger partial charge in [0.1, 0.15) is 11.2 Å². The summed E-state index contributed by atoms with van der Waals surface area (Å²) in [5.41, 5.74) is 12.3. The van der Waals surface area contributed by atoms with Gasteiger partial charge in [-0.05, 0) is 120 Å². The second-order valence-corrected chi connectivity index (χ2v) is 14.5. The summed E-state index contributed by atoms with van der Waals surface area (Å²) in [7, 11) is 0. The molecule has 262 valence electrons. The molecule has 0 saturated carbocycles. The maximum Gasteiger partial charge on any atom is 0.135 e. The number of nitrogens with zero attached hydrogens (tertiary/aromatic N) is 1. The lowest BCUT2D eigenvalue weighted by Gasteiger charge is -2.26. The Morgan fingerprint density at radius 1 is 0.232 bits per heavy atom. The highest BCUT2D eigenvalue weighted by atomic mass is 16.3. The maximum absolute atomic E-state index is 6.13. The first-order valence-corrected chi connectivity index (χ1v) is 19.2. The maximum atomic E-state index is 6.13. The predicted molar refractivity (Wildman–Crippen MR) is 237 cm³/mol. The van der Waals surface area contributed by atoms with Gasteiger partial charge >= 0.3 is 0 Å². The number of anilines is 3. The van der Waals surface area contributed by atoms with Crippen molar-refractivity contribution in [1.82, 2.24) is 0 Å². The second-order valence-electron chi connectivity index (χ2n) is 14.5. The van der Waals surface area contributed by atoms with Crippen molar-refractivity contribution in [1.29, 1.82) is 0 Å². The number of benzene rings is 10. The fourth-order valence-electron chi connectivity index (χ4n) is 8.48. The van der Waals surface area contributed by atoms with Gasteiger partial charge in [0, 0.05) is 27.8 Å². The molecule has 0 aliphatic rings. The molecule has 11 aromatic rings. The molecule has 10 aromatic carbocycles. The summed E-state index contributed by atoms with van der Waals surface area (Å²) in [6, 6.07) is 76.5. The van der Waals surface area contributed by atoms with Gasteiger partial charge in [-0.2, -0.15) is 0 Å². The Morgan fingerprint density at radius 3 is 1.21 bits per heavy atom. The van der Waals surface area contributed by atoms with Crippen LogP contribution in [0.3, 0.4) is 0 Å². The molecule has 11 rings (SSSR count). The molecule has 0 N–H and O–H groups in total. The molecule has 0 aliphatic carbocycles. The van der Waals surface area contributed by atoms with Crippen LogP contribution < -0.4 is 4.90 Å². The van der Waals surface area contributed by atoms with Gasteiger partial charge in [0.05, 0.1) is 0 Å². The van der Waals surface area contributed by atoms with Crippen molar-refractivity contribution in [3.8, 4) is 33.4 Å². The SMILES string of the molecule is c1ccc(-c2ccc(-c3ccc(N(c4ccc(-c5ccc6oc7ccccc7c6c5)cc4)c4ccc5c6ccccc6c6ccccc6c5c4)cc3)cc2)cc1. The minimum Gasteiger partial charge on any atom is -0.456 e. The largest absolute Gasteiger partial charge is 0.456 e. The highest BCUT2D eigenvalue weighted by molar-refractivity contribution is 6.25. The zero-order chi connectivity index (χ0) is 37.0. The normalized spacial score (nSPS) is 11.6. The summed E-state index contributed by atoms with van der Waals surface area (Å²) < 4.78 is 6.13. The molecule has 1 aromatic heterocycles. The summed E-state index contributed by atoms with van der Waals surface area (Å²) >= 11 is 0. The Morgan fingerprint density at radius 2 is 0.625 bits per heavy atom. The van der Waals surface area contributed by atoms with Gasteiger partial charge in [-0.25, -0.2) is 0 Å². The molecule has 0 spiro atoms. The quantitative estimate of drug-likeness (QED) is 0.160. The Hall–Kier alpha value is -7.42. The third-order valence-electron chi connectivity index (χ3n) is 11.3. The smallest absolute Gasteiger partial charge is 0.135 e. The molecule has 0 atom stereocenters. The lowest BCUT2D eigenvalue weighted by atomic mass is 9.94. The number of para-hydroxylation sites is 1. The third kappa shape index (κ3) is 5.42. The van der Waals surface area contributed by atoms with Crippen molar-refractivity contribution in [2.24, 2.45) is 0 Å². The number of rotatable bonds is 6. The predicted octanol–water partition coefficient (Wildman–Crippen LogP) is 15.5. The Labute approximate surface area is 325 Å². The van der Waals surface area contributed by atoms with Crippen LogP contribution in [0.2, 0.25) is 0 Å². The van der Waals surface area contributed by atoms with E-state index in [1.807, 2.05) is 12.1 Å². The van der Waals surface area contributed by atoms with Crippen LogP contribution in [-0.4, -0.2) is 0 Å². The Kier molecular flexibility index (Phi) is 7.53. The standard InChI is InChI=1S/C54H35NO/c1-2-10-36(11-3-1)37-18-20-38(21-19-37)39-22-27-42(28-23-39)55(44-31-32-49-47-14-5-4-12-45(47)46-13-6-7-15-48(46)51(49)35-44)43-29-24-40(25-30-43)41-26-33-54-52(34-41)50-16-8-9-17-53(50)56-54/h1-35H. The van der Waals surface area contributed by atoms with E-state index in [0.29, 0.717) is 0 Å². The molecule has 0 amide bonds. The molecule has 1 heterocycles. The van der Waals surface area contributed by atoms with Crippen molar-refractivity contribution >= 4 is 71.3 Å². The van der Waals surface area contributed by atoms with Crippen molar-refractivity contribution in [2.45, 2.75) is 0 Å². The fourth-order valence-corrected chi connectivity index (χ4v) is 8.48. The average Bonchev–Trinajstić information content (AvgIpc) is 3.65. The van der Waals surface area contributed by atoms with Crippen molar-refractivity contribution in [3.05, 3.63) is 212 Å². The van der Waals surface area contributed by atoms with Crippen molar-refractivity contribution in [2.75, 3.05) is 4.90 Å². The summed E-state index contributed by atoms with van der Waals surface area (Å²) in [6.45, 7) is 0. The molecule has 0 unspecified atom stereocenters. The zero-order valence-electron chi connectivity index (χ0n) is 30.6. The number of furan rings is 1. The first-order chi connectivity index (χ1) is 27.7. The van der Waals surface area contributed by atoms with E-state index in [2.05, 4.69) is 205 Å². The monoisotopic (exact) mass is 713 g/mol. The van der Waals surface area contributed by atoms with Gasteiger partial charge < -0.3 is 9.32 Å².